The predicted molar refractivity (Wildman–Crippen MR) is 75.2 cm³/mol. The summed E-state index contributed by atoms with van der Waals surface area (Å²) in [7, 11) is 0. The largest absolute Gasteiger partial charge is 0.382 e. The van der Waals surface area contributed by atoms with Crippen LogP contribution in [0.25, 0.3) is 5.69 Å². The second kappa shape index (κ2) is 5.84. The van der Waals surface area contributed by atoms with Crippen molar-refractivity contribution in [2.75, 3.05) is 18.4 Å². The lowest BCUT2D eigenvalue weighted by molar-refractivity contribution is 0.608. The molecule has 0 bridgehead atoms. The molecule has 0 aliphatic rings. The minimum atomic E-state index is -0.276. The lowest BCUT2D eigenvalue weighted by Crippen LogP contribution is -2.09. The molecular formula is C14H19FN4. The summed E-state index contributed by atoms with van der Waals surface area (Å²) in [6.07, 6.45) is 0.893. The minimum Gasteiger partial charge on any atom is -0.382 e. The Kier molecular flexibility index (Phi) is 4.16. The maximum atomic E-state index is 13.8. The minimum absolute atomic E-state index is 0.276. The van der Waals surface area contributed by atoms with Crippen LogP contribution in [0.3, 0.4) is 0 Å². The van der Waals surface area contributed by atoms with Crippen molar-refractivity contribution in [1.82, 2.24) is 9.78 Å². The van der Waals surface area contributed by atoms with E-state index in [0.29, 0.717) is 12.2 Å². The number of aryl methyl sites for hydroxylation is 1. The normalized spacial score (nSPS) is 10.7. The van der Waals surface area contributed by atoms with Gasteiger partial charge < -0.3 is 11.1 Å². The summed E-state index contributed by atoms with van der Waals surface area (Å²) in [4.78, 5) is 0. The van der Waals surface area contributed by atoms with Gasteiger partial charge >= 0.3 is 0 Å². The monoisotopic (exact) mass is 262 g/mol. The van der Waals surface area contributed by atoms with E-state index >= 15 is 0 Å². The van der Waals surface area contributed by atoms with Gasteiger partial charge in [-0.05, 0) is 38.9 Å². The van der Waals surface area contributed by atoms with E-state index in [9.17, 15) is 4.39 Å². The SMILES string of the molecule is Cc1nn(-c2ccccc2F)c(C)c1NCCCN. The van der Waals surface area contributed by atoms with Crippen molar-refractivity contribution >= 4 is 5.69 Å². The van der Waals surface area contributed by atoms with Gasteiger partial charge in [-0.3, -0.25) is 0 Å². The van der Waals surface area contributed by atoms with Crippen LogP contribution in [0.15, 0.2) is 24.3 Å². The summed E-state index contributed by atoms with van der Waals surface area (Å²) in [6.45, 7) is 5.28. The first kappa shape index (κ1) is 13.5. The van der Waals surface area contributed by atoms with Gasteiger partial charge in [-0.15, -0.1) is 0 Å². The highest BCUT2D eigenvalue weighted by Gasteiger charge is 2.14. The molecule has 1 aromatic heterocycles. The molecule has 2 aromatic rings. The smallest absolute Gasteiger partial charge is 0.148 e. The zero-order chi connectivity index (χ0) is 13.8. The third-order valence-electron chi connectivity index (χ3n) is 3.05. The first-order chi connectivity index (χ1) is 9.15. The number of hydrogen-bond acceptors (Lipinski definition) is 3. The third kappa shape index (κ3) is 2.76. The van der Waals surface area contributed by atoms with Crippen LogP contribution in [-0.2, 0) is 0 Å². The van der Waals surface area contributed by atoms with E-state index in [-0.39, 0.29) is 5.82 Å². The van der Waals surface area contributed by atoms with Gasteiger partial charge in [0.2, 0.25) is 0 Å². The maximum Gasteiger partial charge on any atom is 0.148 e. The molecule has 5 heteroatoms. The molecule has 102 valence electrons. The van der Waals surface area contributed by atoms with E-state index in [2.05, 4.69) is 10.4 Å². The Morgan fingerprint density at radius 2 is 2.05 bits per heavy atom. The second-order valence-electron chi connectivity index (χ2n) is 4.48. The fraction of sp³-hybridized carbons (Fsp3) is 0.357. The van der Waals surface area contributed by atoms with Gasteiger partial charge in [-0.1, -0.05) is 12.1 Å². The van der Waals surface area contributed by atoms with Crippen LogP contribution < -0.4 is 11.1 Å². The van der Waals surface area contributed by atoms with Crippen LogP contribution in [0.2, 0.25) is 0 Å². The molecular weight excluding hydrogens is 243 g/mol. The number of rotatable bonds is 5. The Morgan fingerprint density at radius 3 is 2.74 bits per heavy atom. The third-order valence-corrected chi connectivity index (χ3v) is 3.05. The van der Waals surface area contributed by atoms with Gasteiger partial charge in [0.25, 0.3) is 0 Å². The summed E-state index contributed by atoms with van der Waals surface area (Å²) >= 11 is 0. The summed E-state index contributed by atoms with van der Waals surface area (Å²) in [6, 6.07) is 6.63. The molecule has 0 aliphatic carbocycles. The standard InChI is InChI=1S/C14H19FN4/c1-10-14(17-9-5-8-16)11(2)19(18-10)13-7-4-3-6-12(13)15/h3-4,6-7,17H,5,8-9,16H2,1-2H3. The van der Waals surface area contributed by atoms with Crippen LogP contribution >= 0.6 is 0 Å². The number of nitrogens with one attached hydrogen (secondary N) is 1. The first-order valence-electron chi connectivity index (χ1n) is 6.40. The van der Waals surface area contributed by atoms with Crippen molar-refractivity contribution in [2.45, 2.75) is 20.3 Å². The molecule has 0 aliphatic heterocycles. The van der Waals surface area contributed by atoms with Crippen molar-refractivity contribution in [2.24, 2.45) is 5.73 Å². The first-order valence-corrected chi connectivity index (χ1v) is 6.40. The molecule has 0 amide bonds. The highest BCUT2D eigenvalue weighted by molar-refractivity contribution is 5.54. The molecule has 0 unspecified atom stereocenters. The van der Waals surface area contributed by atoms with Gasteiger partial charge in [0.15, 0.2) is 0 Å². The second-order valence-corrected chi connectivity index (χ2v) is 4.48. The van der Waals surface area contributed by atoms with Gasteiger partial charge in [-0.25, -0.2) is 9.07 Å². The predicted octanol–water partition coefficient (Wildman–Crippen LogP) is 2.39. The molecule has 2 rings (SSSR count). The molecule has 19 heavy (non-hydrogen) atoms. The topological polar surface area (TPSA) is 55.9 Å². The highest BCUT2D eigenvalue weighted by atomic mass is 19.1. The van der Waals surface area contributed by atoms with E-state index in [1.54, 1.807) is 22.9 Å². The number of benzene rings is 1. The van der Waals surface area contributed by atoms with E-state index in [1.807, 2.05) is 13.8 Å². The number of nitrogens with zero attached hydrogens (tertiary/aromatic N) is 2. The van der Waals surface area contributed by atoms with Crippen molar-refractivity contribution in [3.05, 3.63) is 41.5 Å². The molecule has 1 aromatic carbocycles. The fourth-order valence-corrected chi connectivity index (χ4v) is 2.07. The van der Waals surface area contributed by atoms with Crippen LogP contribution in [0.1, 0.15) is 17.8 Å². The number of anilines is 1. The summed E-state index contributed by atoms with van der Waals surface area (Å²) in [5.74, 6) is -0.276. The fourth-order valence-electron chi connectivity index (χ4n) is 2.07. The van der Waals surface area contributed by atoms with E-state index in [0.717, 1.165) is 30.0 Å². The van der Waals surface area contributed by atoms with E-state index < -0.39 is 0 Å². The zero-order valence-corrected chi connectivity index (χ0v) is 11.3. The average molecular weight is 262 g/mol. The maximum absolute atomic E-state index is 13.8. The molecule has 0 radical (unpaired) electrons. The molecule has 0 atom stereocenters. The van der Waals surface area contributed by atoms with Crippen LogP contribution in [0, 0.1) is 19.7 Å². The Balaban J connectivity index is 2.33. The molecule has 0 spiro atoms. The quantitative estimate of drug-likeness (QED) is 0.813. The number of halogens is 1. The Hall–Kier alpha value is -1.88. The lowest BCUT2D eigenvalue weighted by Gasteiger charge is -2.08. The molecule has 1 heterocycles. The number of aromatic nitrogens is 2. The Bertz CT molecular complexity index is 563. The van der Waals surface area contributed by atoms with Gasteiger partial charge in [0, 0.05) is 6.54 Å². The Labute approximate surface area is 112 Å². The number of hydrogen-bond donors (Lipinski definition) is 2. The number of nitrogens with two attached hydrogens (primary N) is 1. The molecule has 0 saturated carbocycles. The summed E-state index contributed by atoms with van der Waals surface area (Å²) in [5, 5.41) is 7.71. The molecule has 0 saturated heterocycles. The highest BCUT2D eigenvalue weighted by Crippen LogP contribution is 2.23. The average Bonchev–Trinajstić information content (AvgIpc) is 2.67. The van der Waals surface area contributed by atoms with Gasteiger partial charge in [-0.2, -0.15) is 5.10 Å². The summed E-state index contributed by atoms with van der Waals surface area (Å²) < 4.78 is 15.4. The van der Waals surface area contributed by atoms with Crippen LogP contribution in [0.5, 0.6) is 0 Å². The van der Waals surface area contributed by atoms with Gasteiger partial charge in [0.1, 0.15) is 11.5 Å². The van der Waals surface area contributed by atoms with Crippen LogP contribution in [-0.4, -0.2) is 22.9 Å². The summed E-state index contributed by atoms with van der Waals surface area (Å²) in [5.41, 5.74) is 8.66. The van der Waals surface area contributed by atoms with E-state index in [4.69, 9.17) is 5.73 Å². The Morgan fingerprint density at radius 1 is 1.32 bits per heavy atom. The van der Waals surface area contributed by atoms with Crippen molar-refractivity contribution < 1.29 is 4.39 Å². The zero-order valence-electron chi connectivity index (χ0n) is 11.3. The van der Waals surface area contributed by atoms with Gasteiger partial charge in [0.05, 0.1) is 17.1 Å². The van der Waals surface area contributed by atoms with E-state index in [1.165, 1.54) is 6.07 Å². The molecule has 3 N–H and O–H groups in total. The molecule has 0 fully saturated rings. The lowest BCUT2D eigenvalue weighted by atomic mass is 10.2. The van der Waals surface area contributed by atoms with Crippen molar-refractivity contribution in [3.8, 4) is 5.69 Å². The van der Waals surface area contributed by atoms with Crippen molar-refractivity contribution in [1.29, 1.82) is 0 Å². The number of para-hydroxylation sites is 1. The van der Waals surface area contributed by atoms with Crippen LogP contribution in [0.4, 0.5) is 10.1 Å². The molecule has 4 nitrogen and oxygen atoms in total. The van der Waals surface area contributed by atoms with Crippen molar-refractivity contribution in [3.63, 3.8) is 0 Å².